The number of ketones is 1. The van der Waals surface area contributed by atoms with Gasteiger partial charge < -0.3 is 10.3 Å². The lowest BCUT2D eigenvalue weighted by molar-refractivity contribution is -0.129. The zero-order valence-electron chi connectivity index (χ0n) is 6.78. The zero-order valence-corrected chi connectivity index (χ0v) is 6.78. The first-order valence-corrected chi connectivity index (χ1v) is 3.43. The highest BCUT2D eigenvalue weighted by Gasteiger charge is 2.23. The second kappa shape index (κ2) is 4.08. The van der Waals surface area contributed by atoms with Crippen molar-refractivity contribution in [2.45, 2.75) is 0 Å². The SMILES string of the molecule is O=C(O)/C(=N\O)C(=O)c1cnccn1. The molecule has 0 radical (unpaired) electrons. The highest BCUT2D eigenvalue weighted by Crippen LogP contribution is 1.95. The number of hydrogen-bond donors (Lipinski definition) is 2. The Morgan fingerprint density at radius 3 is 2.50 bits per heavy atom. The number of aliphatic carboxylic acids is 1. The van der Waals surface area contributed by atoms with Gasteiger partial charge in [-0.15, -0.1) is 0 Å². The first-order valence-electron chi connectivity index (χ1n) is 3.43. The summed E-state index contributed by atoms with van der Waals surface area (Å²) in [5, 5.41) is 19.1. The topological polar surface area (TPSA) is 113 Å². The van der Waals surface area contributed by atoms with Crippen molar-refractivity contribution in [3.63, 3.8) is 0 Å². The molecule has 2 N–H and O–H groups in total. The average Bonchev–Trinajstić information content (AvgIpc) is 2.19. The minimum Gasteiger partial charge on any atom is -0.476 e. The number of nitrogens with zero attached hydrogens (tertiary/aromatic N) is 3. The third-order valence-electron chi connectivity index (χ3n) is 1.31. The summed E-state index contributed by atoms with van der Waals surface area (Å²) < 4.78 is 0. The summed E-state index contributed by atoms with van der Waals surface area (Å²) in [6, 6.07) is 0. The molecule has 0 atom stereocenters. The number of hydrogen-bond acceptors (Lipinski definition) is 6. The van der Waals surface area contributed by atoms with Crippen LogP contribution in [0.3, 0.4) is 0 Å². The van der Waals surface area contributed by atoms with Gasteiger partial charge in [0.25, 0.3) is 0 Å². The third-order valence-corrected chi connectivity index (χ3v) is 1.31. The van der Waals surface area contributed by atoms with Gasteiger partial charge in [0.15, 0.2) is 0 Å². The van der Waals surface area contributed by atoms with E-state index in [1.54, 1.807) is 0 Å². The lowest BCUT2D eigenvalue weighted by atomic mass is 10.2. The average molecular weight is 195 g/mol. The second-order valence-corrected chi connectivity index (χ2v) is 2.17. The molecule has 1 aromatic rings. The van der Waals surface area contributed by atoms with Crippen molar-refractivity contribution in [2.75, 3.05) is 0 Å². The minimum absolute atomic E-state index is 0.192. The van der Waals surface area contributed by atoms with Gasteiger partial charge >= 0.3 is 5.97 Å². The molecule has 0 fully saturated rings. The van der Waals surface area contributed by atoms with Gasteiger partial charge in [0.05, 0.1) is 6.20 Å². The molecule has 1 heterocycles. The van der Waals surface area contributed by atoms with E-state index in [4.69, 9.17) is 10.3 Å². The molecule has 0 aliphatic rings. The molecule has 0 saturated carbocycles. The molecule has 0 amide bonds. The van der Waals surface area contributed by atoms with E-state index in [2.05, 4.69) is 15.1 Å². The Morgan fingerprint density at radius 1 is 1.36 bits per heavy atom. The quantitative estimate of drug-likeness (QED) is 0.222. The van der Waals surface area contributed by atoms with Crippen molar-refractivity contribution in [3.05, 3.63) is 24.3 Å². The molecule has 0 aliphatic heterocycles. The third kappa shape index (κ3) is 1.89. The number of aromatic nitrogens is 2. The molecule has 0 unspecified atom stereocenters. The Kier molecular flexibility index (Phi) is 2.85. The van der Waals surface area contributed by atoms with Gasteiger partial charge in [0, 0.05) is 12.4 Å². The van der Waals surface area contributed by atoms with Crippen molar-refractivity contribution >= 4 is 17.5 Å². The zero-order chi connectivity index (χ0) is 10.6. The van der Waals surface area contributed by atoms with Crippen LogP contribution in [0.25, 0.3) is 0 Å². The van der Waals surface area contributed by atoms with E-state index in [1.165, 1.54) is 12.4 Å². The smallest absolute Gasteiger partial charge is 0.362 e. The molecule has 7 nitrogen and oxygen atoms in total. The number of carbonyl (C=O) groups excluding carboxylic acids is 1. The summed E-state index contributed by atoms with van der Waals surface area (Å²) in [7, 11) is 0. The number of carbonyl (C=O) groups is 2. The molecular weight excluding hydrogens is 190 g/mol. The Morgan fingerprint density at radius 2 is 2.07 bits per heavy atom. The molecule has 14 heavy (non-hydrogen) atoms. The molecule has 72 valence electrons. The van der Waals surface area contributed by atoms with Crippen LogP contribution in [0.5, 0.6) is 0 Å². The molecule has 0 bridgehead atoms. The Balaban J connectivity index is 3.02. The van der Waals surface area contributed by atoms with E-state index >= 15 is 0 Å². The van der Waals surface area contributed by atoms with Gasteiger partial charge in [-0.2, -0.15) is 0 Å². The fraction of sp³-hybridized carbons (Fsp3) is 0. The van der Waals surface area contributed by atoms with Crippen LogP contribution in [0, 0.1) is 0 Å². The predicted octanol–water partition coefficient (Wildman–Crippen LogP) is -0.426. The first-order chi connectivity index (χ1) is 6.66. The number of rotatable bonds is 3. The van der Waals surface area contributed by atoms with Crippen LogP contribution in [0.1, 0.15) is 10.5 Å². The lowest BCUT2D eigenvalue weighted by Gasteiger charge is -1.96. The maximum atomic E-state index is 11.2. The Labute approximate surface area is 77.7 Å². The van der Waals surface area contributed by atoms with Gasteiger partial charge in [-0.25, -0.2) is 9.78 Å². The van der Waals surface area contributed by atoms with Crippen LogP contribution in [-0.4, -0.2) is 37.7 Å². The van der Waals surface area contributed by atoms with Crippen LogP contribution in [-0.2, 0) is 4.79 Å². The van der Waals surface area contributed by atoms with Gasteiger partial charge in [0.2, 0.25) is 11.5 Å². The largest absolute Gasteiger partial charge is 0.476 e. The van der Waals surface area contributed by atoms with E-state index < -0.39 is 17.5 Å². The molecule has 7 heteroatoms. The molecule has 1 rings (SSSR count). The molecule has 0 aliphatic carbocycles. The minimum atomic E-state index is -1.62. The van der Waals surface area contributed by atoms with Crippen molar-refractivity contribution < 1.29 is 19.9 Å². The first kappa shape index (κ1) is 9.78. The maximum absolute atomic E-state index is 11.2. The fourth-order valence-corrected chi connectivity index (χ4v) is 0.723. The van der Waals surface area contributed by atoms with Gasteiger partial charge in [-0.1, -0.05) is 5.16 Å². The van der Waals surface area contributed by atoms with Crippen LogP contribution >= 0.6 is 0 Å². The highest BCUT2D eigenvalue weighted by molar-refractivity contribution is 6.66. The van der Waals surface area contributed by atoms with Gasteiger partial charge in [-0.3, -0.25) is 9.78 Å². The molecule has 0 spiro atoms. The standard InChI is InChI=1S/C7H5N3O4/c11-6(5(10-14)7(12)13)4-3-8-1-2-9-4/h1-3,14H,(H,12,13)/b10-5-. The van der Waals surface area contributed by atoms with E-state index in [9.17, 15) is 9.59 Å². The van der Waals surface area contributed by atoms with Gasteiger partial charge in [-0.05, 0) is 0 Å². The summed E-state index contributed by atoms with van der Waals surface area (Å²) in [5.41, 5.74) is -1.19. The Hall–Kier alpha value is -2.31. The summed E-state index contributed by atoms with van der Waals surface area (Å²) in [6.45, 7) is 0. The van der Waals surface area contributed by atoms with Crippen molar-refractivity contribution in [3.8, 4) is 0 Å². The molecule has 0 saturated heterocycles. The molecule has 1 aromatic heterocycles. The van der Waals surface area contributed by atoms with E-state index in [0.29, 0.717) is 0 Å². The van der Waals surface area contributed by atoms with E-state index in [-0.39, 0.29) is 5.69 Å². The van der Waals surface area contributed by atoms with Crippen LogP contribution in [0.4, 0.5) is 0 Å². The second-order valence-electron chi connectivity index (χ2n) is 2.17. The number of oxime groups is 1. The lowest BCUT2D eigenvalue weighted by Crippen LogP contribution is -2.24. The summed E-state index contributed by atoms with van der Waals surface area (Å²) in [5.74, 6) is -2.61. The van der Waals surface area contributed by atoms with Crippen LogP contribution in [0.15, 0.2) is 23.7 Å². The number of carboxylic acids is 1. The van der Waals surface area contributed by atoms with E-state index in [1.807, 2.05) is 0 Å². The van der Waals surface area contributed by atoms with E-state index in [0.717, 1.165) is 6.20 Å². The normalized spacial score (nSPS) is 11.0. The summed E-state index contributed by atoms with van der Waals surface area (Å²) in [4.78, 5) is 28.8. The molecule has 0 aromatic carbocycles. The predicted molar refractivity (Wildman–Crippen MR) is 43.2 cm³/mol. The fourth-order valence-electron chi connectivity index (χ4n) is 0.723. The number of Topliss-reactive ketones (excluding diaryl/α,β-unsaturated/α-hetero) is 1. The summed E-state index contributed by atoms with van der Waals surface area (Å²) in [6.07, 6.45) is 3.63. The molecular formula is C7H5N3O4. The summed E-state index contributed by atoms with van der Waals surface area (Å²) >= 11 is 0. The highest BCUT2D eigenvalue weighted by atomic mass is 16.4. The maximum Gasteiger partial charge on any atom is 0.362 e. The van der Waals surface area contributed by atoms with Crippen molar-refractivity contribution in [1.29, 1.82) is 0 Å². The Bertz CT molecular complexity index is 387. The van der Waals surface area contributed by atoms with Crippen molar-refractivity contribution in [1.82, 2.24) is 9.97 Å². The van der Waals surface area contributed by atoms with Crippen molar-refractivity contribution in [2.24, 2.45) is 5.16 Å². The van der Waals surface area contributed by atoms with Gasteiger partial charge in [0.1, 0.15) is 5.69 Å². The van der Waals surface area contributed by atoms with Crippen LogP contribution < -0.4 is 0 Å². The number of carboxylic acid groups (broad SMARTS) is 1. The monoisotopic (exact) mass is 195 g/mol. The van der Waals surface area contributed by atoms with Crippen LogP contribution in [0.2, 0.25) is 0 Å².